The molecule has 0 heterocycles. The number of likely N-dealkylation sites (N-methyl/N-ethyl adjacent to an activating group) is 2. The van der Waals surface area contributed by atoms with Crippen LogP contribution in [0.2, 0.25) is 0 Å². The van der Waals surface area contributed by atoms with E-state index < -0.39 is 4.92 Å². The van der Waals surface area contributed by atoms with E-state index in [-0.39, 0.29) is 42.1 Å². The van der Waals surface area contributed by atoms with E-state index in [1.807, 2.05) is 32.7 Å². The van der Waals surface area contributed by atoms with Gasteiger partial charge in [0.25, 0.3) is 5.69 Å². The second-order valence-electron chi connectivity index (χ2n) is 5.89. The van der Waals surface area contributed by atoms with Gasteiger partial charge in [-0.3, -0.25) is 19.9 Å². The summed E-state index contributed by atoms with van der Waals surface area (Å²) in [7, 11) is 1.84. The third kappa shape index (κ3) is 8.72. The van der Waals surface area contributed by atoms with Crippen molar-refractivity contribution in [2.24, 2.45) is 4.99 Å². The summed E-state index contributed by atoms with van der Waals surface area (Å²) in [6, 6.07) is 6.26. The number of nitro groups is 1. The number of aliphatic imine (C=N–C) groups is 1. The number of amides is 1. The molecule has 0 fully saturated rings. The number of nitro benzene ring substituents is 1. The minimum absolute atomic E-state index is 0. The lowest BCUT2D eigenvalue weighted by Crippen LogP contribution is -2.45. The van der Waals surface area contributed by atoms with E-state index in [1.54, 1.807) is 17.0 Å². The number of halogens is 1. The third-order valence-corrected chi connectivity index (χ3v) is 3.97. The number of benzene rings is 1. The Kier molecular flexibility index (Phi) is 12.9. The molecule has 0 bridgehead atoms. The van der Waals surface area contributed by atoms with Crippen LogP contribution in [0.1, 0.15) is 20.8 Å². The topological polar surface area (TPSA) is 103 Å². The third-order valence-electron chi connectivity index (χ3n) is 3.97. The Morgan fingerprint density at radius 3 is 2.29 bits per heavy atom. The van der Waals surface area contributed by atoms with Gasteiger partial charge in [0.05, 0.1) is 18.0 Å². The Morgan fingerprint density at radius 1 is 1.18 bits per heavy atom. The molecule has 0 radical (unpaired) electrons. The van der Waals surface area contributed by atoms with E-state index in [9.17, 15) is 14.9 Å². The number of rotatable bonds is 10. The Hall–Kier alpha value is -2.11. The molecule has 1 rings (SSSR count). The van der Waals surface area contributed by atoms with Crippen molar-refractivity contribution in [2.75, 3.05) is 51.6 Å². The van der Waals surface area contributed by atoms with Crippen LogP contribution in [0.3, 0.4) is 0 Å². The number of carbonyl (C=O) groups is 1. The molecule has 1 amide bonds. The first-order chi connectivity index (χ1) is 12.9. The van der Waals surface area contributed by atoms with Crippen LogP contribution in [-0.4, -0.2) is 72.9 Å². The standard InChI is InChI=1S/C18H30N6O3.HI/c1-5-19-18(22(4)14-17(25)23(6-2)7-3)21-13-12-20-15-8-10-16(11-9-15)24(26)27;/h8-11,20H,5-7,12-14H2,1-4H3,(H,19,21);1H. The predicted molar refractivity (Wildman–Crippen MR) is 124 cm³/mol. The summed E-state index contributed by atoms with van der Waals surface area (Å²) < 4.78 is 0. The Balaban J connectivity index is 0.00000729. The number of guanidine groups is 1. The Bertz CT molecular complexity index is 635. The summed E-state index contributed by atoms with van der Waals surface area (Å²) in [6.07, 6.45) is 0. The first-order valence-corrected chi connectivity index (χ1v) is 9.18. The molecule has 0 aliphatic carbocycles. The highest BCUT2D eigenvalue weighted by molar-refractivity contribution is 14.0. The first kappa shape index (κ1) is 25.9. The van der Waals surface area contributed by atoms with Crippen LogP contribution in [0.4, 0.5) is 11.4 Å². The van der Waals surface area contributed by atoms with Gasteiger partial charge in [0, 0.05) is 51.0 Å². The van der Waals surface area contributed by atoms with E-state index in [4.69, 9.17) is 0 Å². The number of carbonyl (C=O) groups excluding carboxylic acids is 1. The van der Waals surface area contributed by atoms with Crippen molar-refractivity contribution in [3.05, 3.63) is 34.4 Å². The highest BCUT2D eigenvalue weighted by Crippen LogP contribution is 2.14. The maximum absolute atomic E-state index is 12.3. The van der Waals surface area contributed by atoms with Crippen LogP contribution in [0.5, 0.6) is 0 Å². The number of nitrogens with one attached hydrogen (secondary N) is 2. The first-order valence-electron chi connectivity index (χ1n) is 9.18. The monoisotopic (exact) mass is 506 g/mol. The van der Waals surface area contributed by atoms with Gasteiger partial charge in [-0.2, -0.15) is 0 Å². The molecule has 0 aliphatic heterocycles. The van der Waals surface area contributed by atoms with Crippen molar-refractivity contribution in [3.8, 4) is 0 Å². The minimum Gasteiger partial charge on any atom is -0.383 e. The largest absolute Gasteiger partial charge is 0.383 e. The van der Waals surface area contributed by atoms with E-state index >= 15 is 0 Å². The Labute approximate surface area is 183 Å². The second kappa shape index (κ2) is 14.0. The highest BCUT2D eigenvalue weighted by atomic mass is 127. The molecule has 1 aromatic carbocycles. The van der Waals surface area contributed by atoms with Gasteiger partial charge in [0.15, 0.2) is 5.96 Å². The number of anilines is 1. The molecule has 28 heavy (non-hydrogen) atoms. The minimum atomic E-state index is -0.424. The zero-order valence-corrected chi connectivity index (χ0v) is 19.3. The van der Waals surface area contributed by atoms with Crippen molar-refractivity contribution >= 4 is 47.2 Å². The molecular formula is C18H31IN6O3. The number of nitrogens with zero attached hydrogens (tertiary/aromatic N) is 4. The Morgan fingerprint density at radius 2 is 1.79 bits per heavy atom. The second-order valence-corrected chi connectivity index (χ2v) is 5.89. The van der Waals surface area contributed by atoms with Gasteiger partial charge in [0.2, 0.25) is 5.91 Å². The zero-order valence-electron chi connectivity index (χ0n) is 17.0. The van der Waals surface area contributed by atoms with E-state index in [2.05, 4.69) is 15.6 Å². The summed E-state index contributed by atoms with van der Waals surface area (Å²) in [5, 5.41) is 17.0. The number of hydrogen-bond donors (Lipinski definition) is 2. The molecule has 0 spiro atoms. The fraction of sp³-hybridized carbons (Fsp3) is 0.556. The van der Waals surface area contributed by atoms with Crippen LogP contribution < -0.4 is 10.6 Å². The van der Waals surface area contributed by atoms with Gasteiger partial charge in [-0.15, -0.1) is 24.0 Å². The summed E-state index contributed by atoms with van der Waals surface area (Å²) in [5.74, 6) is 0.737. The SMILES string of the molecule is CCNC(=NCCNc1ccc([N+](=O)[O-])cc1)N(C)CC(=O)N(CC)CC.I. The van der Waals surface area contributed by atoms with Crippen LogP contribution in [0, 0.1) is 10.1 Å². The predicted octanol–water partition coefficient (Wildman–Crippen LogP) is 2.39. The van der Waals surface area contributed by atoms with Gasteiger partial charge in [-0.1, -0.05) is 0 Å². The molecule has 0 aliphatic rings. The van der Waals surface area contributed by atoms with Gasteiger partial charge < -0.3 is 20.4 Å². The molecule has 0 saturated carbocycles. The van der Waals surface area contributed by atoms with Gasteiger partial charge in [-0.05, 0) is 32.9 Å². The molecule has 0 atom stereocenters. The van der Waals surface area contributed by atoms with Gasteiger partial charge in [0.1, 0.15) is 0 Å². The van der Waals surface area contributed by atoms with E-state index in [0.29, 0.717) is 38.7 Å². The molecule has 158 valence electrons. The summed E-state index contributed by atoms with van der Waals surface area (Å²) >= 11 is 0. The number of non-ortho nitro benzene ring substituents is 1. The zero-order chi connectivity index (χ0) is 20.2. The maximum Gasteiger partial charge on any atom is 0.269 e. The summed E-state index contributed by atoms with van der Waals surface area (Å²) in [6.45, 7) is 9.33. The van der Waals surface area contributed by atoms with Crippen molar-refractivity contribution in [3.63, 3.8) is 0 Å². The average Bonchev–Trinajstić information content (AvgIpc) is 2.65. The molecular weight excluding hydrogens is 475 g/mol. The molecule has 0 saturated heterocycles. The molecule has 10 heteroatoms. The normalized spacial score (nSPS) is 10.6. The van der Waals surface area contributed by atoms with Crippen LogP contribution in [-0.2, 0) is 4.79 Å². The van der Waals surface area contributed by atoms with Crippen molar-refractivity contribution in [1.29, 1.82) is 0 Å². The smallest absolute Gasteiger partial charge is 0.269 e. The molecule has 1 aromatic rings. The van der Waals surface area contributed by atoms with Crippen LogP contribution >= 0.6 is 24.0 Å². The molecule has 0 unspecified atom stereocenters. The average molecular weight is 506 g/mol. The van der Waals surface area contributed by atoms with Crippen molar-refractivity contribution in [2.45, 2.75) is 20.8 Å². The fourth-order valence-electron chi connectivity index (χ4n) is 2.49. The fourth-order valence-corrected chi connectivity index (χ4v) is 2.49. The van der Waals surface area contributed by atoms with Crippen LogP contribution in [0.25, 0.3) is 0 Å². The summed E-state index contributed by atoms with van der Waals surface area (Å²) in [5.41, 5.74) is 0.860. The molecule has 0 aromatic heterocycles. The van der Waals surface area contributed by atoms with Gasteiger partial charge in [-0.25, -0.2) is 0 Å². The lowest BCUT2D eigenvalue weighted by molar-refractivity contribution is -0.384. The highest BCUT2D eigenvalue weighted by Gasteiger charge is 2.14. The maximum atomic E-state index is 12.3. The molecule has 9 nitrogen and oxygen atoms in total. The van der Waals surface area contributed by atoms with Crippen molar-refractivity contribution < 1.29 is 9.72 Å². The van der Waals surface area contributed by atoms with Gasteiger partial charge >= 0.3 is 0 Å². The lowest BCUT2D eigenvalue weighted by Gasteiger charge is -2.25. The van der Waals surface area contributed by atoms with Crippen LogP contribution in [0.15, 0.2) is 29.3 Å². The van der Waals surface area contributed by atoms with Crippen molar-refractivity contribution in [1.82, 2.24) is 15.1 Å². The van der Waals surface area contributed by atoms with E-state index in [1.165, 1.54) is 12.1 Å². The summed E-state index contributed by atoms with van der Waals surface area (Å²) in [4.78, 5) is 30.6. The molecule has 2 N–H and O–H groups in total. The lowest BCUT2D eigenvalue weighted by atomic mass is 10.3. The number of hydrogen-bond acceptors (Lipinski definition) is 5. The van der Waals surface area contributed by atoms with E-state index in [0.717, 1.165) is 5.69 Å². The quantitative estimate of drug-likeness (QED) is 0.126.